The number of carbonyl (C=O) groups excluding carboxylic acids is 2. The number of hydrogen-bond acceptors (Lipinski definition) is 3. The predicted octanol–water partition coefficient (Wildman–Crippen LogP) is 1.65. The second-order valence-corrected chi connectivity index (χ2v) is 5.54. The molecule has 0 saturated heterocycles. The van der Waals surface area contributed by atoms with E-state index >= 15 is 0 Å². The maximum Gasteiger partial charge on any atom is 0.251 e. The lowest BCUT2D eigenvalue weighted by Gasteiger charge is -2.13. The van der Waals surface area contributed by atoms with E-state index in [0.717, 1.165) is 11.3 Å². The van der Waals surface area contributed by atoms with E-state index in [0.29, 0.717) is 5.56 Å². The van der Waals surface area contributed by atoms with Crippen LogP contribution in [0.2, 0.25) is 0 Å². The number of anilines is 1. The summed E-state index contributed by atoms with van der Waals surface area (Å²) in [6.45, 7) is 0.144. The van der Waals surface area contributed by atoms with Crippen molar-refractivity contribution in [3.63, 3.8) is 0 Å². The van der Waals surface area contributed by atoms with Crippen molar-refractivity contribution in [2.24, 2.45) is 0 Å². The minimum Gasteiger partial charge on any atom is -0.377 e. The Morgan fingerprint density at radius 3 is 2.36 bits per heavy atom. The second kappa shape index (κ2) is 9.14. The number of para-hydroxylation sites is 1. The van der Waals surface area contributed by atoms with Gasteiger partial charge in [0.15, 0.2) is 0 Å². The minimum atomic E-state index is -0.278. The molecule has 0 radical (unpaired) electrons. The third-order valence-corrected chi connectivity index (χ3v) is 3.43. The molecule has 2 amide bonds. The summed E-state index contributed by atoms with van der Waals surface area (Å²) in [6, 6.07) is 16.6. The molecule has 0 fully saturated rings. The van der Waals surface area contributed by atoms with Crippen molar-refractivity contribution in [1.82, 2.24) is 10.6 Å². The summed E-state index contributed by atoms with van der Waals surface area (Å²) in [7, 11) is 3.91. The summed E-state index contributed by atoms with van der Waals surface area (Å²) >= 11 is 0. The SMILES string of the molecule is CN(C)c1ccccc1C#CCNC(=O)CNC(=O)c1ccccc1. The van der Waals surface area contributed by atoms with E-state index in [4.69, 9.17) is 0 Å². The van der Waals surface area contributed by atoms with Gasteiger partial charge in [0.1, 0.15) is 0 Å². The lowest BCUT2D eigenvalue weighted by atomic mass is 10.1. The van der Waals surface area contributed by atoms with Crippen molar-refractivity contribution in [3.8, 4) is 11.8 Å². The molecule has 0 atom stereocenters. The van der Waals surface area contributed by atoms with Gasteiger partial charge >= 0.3 is 0 Å². The molecule has 0 saturated carbocycles. The molecule has 0 heterocycles. The van der Waals surface area contributed by atoms with Gasteiger partial charge in [-0.25, -0.2) is 0 Å². The Kier molecular flexibility index (Phi) is 6.61. The summed E-state index contributed by atoms with van der Waals surface area (Å²) in [5.41, 5.74) is 2.45. The van der Waals surface area contributed by atoms with E-state index in [1.807, 2.05) is 49.3 Å². The van der Waals surface area contributed by atoms with Crippen molar-refractivity contribution in [2.45, 2.75) is 0 Å². The first-order valence-electron chi connectivity index (χ1n) is 7.93. The van der Waals surface area contributed by atoms with Crippen molar-refractivity contribution >= 4 is 17.5 Å². The molecule has 2 rings (SSSR count). The molecule has 2 aromatic rings. The van der Waals surface area contributed by atoms with Gasteiger partial charge in [-0.2, -0.15) is 0 Å². The van der Waals surface area contributed by atoms with Gasteiger partial charge in [-0.1, -0.05) is 42.2 Å². The van der Waals surface area contributed by atoms with Crippen LogP contribution in [0.3, 0.4) is 0 Å². The van der Waals surface area contributed by atoms with Crippen LogP contribution in [0.15, 0.2) is 54.6 Å². The van der Waals surface area contributed by atoms with Crippen LogP contribution in [0, 0.1) is 11.8 Å². The van der Waals surface area contributed by atoms with Crippen LogP contribution in [0.4, 0.5) is 5.69 Å². The Hall–Kier alpha value is -3.26. The zero-order valence-corrected chi connectivity index (χ0v) is 14.4. The number of rotatable bonds is 5. The van der Waals surface area contributed by atoms with Gasteiger partial charge in [-0.3, -0.25) is 9.59 Å². The number of nitrogens with one attached hydrogen (secondary N) is 2. The largest absolute Gasteiger partial charge is 0.377 e. The third-order valence-electron chi connectivity index (χ3n) is 3.43. The molecular formula is C20H21N3O2. The standard InChI is InChI=1S/C20H21N3O2/c1-23(2)18-13-7-6-9-16(18)12-8-14-21-19(24)15-22-20(25)17-10-4-3-5-11-17/h3-7,9-11,13H,14-15H2,1-2H3,(H,21,24)(H,22,25). The highest BCUT2D eigenvalue weighted by Crippen LogP contribution is 2.16. The van der Waals surface area contributed by atoms with Crippen LogP contribution in [0.5, 0.6) is 0 Å². The van der Waals surface area contributed by atoms with Gasteiger partial charge < -0.3 is 15.5 Å². The normalized spacial score (nSPS) is 9.52. The van der Waals surface area contributed by atoms with E-state index in [1.165, 1.54) is 0 Å². The molecule has 0 spiro atoms. The van der Waals surface area contributed by atoms with Crippen molar-refractivity contribution in [2.75, 3.05) is 32.1 Å². The Balaban J connectivity index is 1.79. The van der Waals surface area contributed by atoms with E-state index in [1.54, 1.807) is 24.3 Å². The quantitative estimate of drug-likeness (QED) is 0.817. The van der Waals surface area contributed by atoms with Gasteiger partial charge in [0.05, 0.1) is 18.8 Å². The van der Waals surface area contributed by atoms with Gasteiger partial charge in [-0.05, 0) is 24.3 Å². The molecule has 2 N–H and O–H groups in total. The Morgan fingerprint density at radius 2 is 1.64 bits per heavy atom. The fourth-order valence-electron chi connectivity index (χ4n) is 2.17. The van der Waals surface area contributed by atoms with Crippen molar-refractivity contribution in [3.05, 3.63) is 65.7 Å². The molecule has 0 aliphatic carbocycles. The van der Waals surface area contributed by atoms with Gasteiger partial charge in [0, 0.05) is 25.2 Å². The Bertz CT molecular complexity index is 789. The van der Waals surface area contributed by atoms with E-state index in [9.17, 15) is 9.59 Å². The van der Waals surface area contributed by atoms with Gasteiger partial charge in [-0.15, -0.1) is 0 Å². The molecule has 5 heteroatoms. The number of hydrogen-bond donors (Lipinski definition) is 2. The van der Waals surface area contributed by atoms with Crippen LogP contribution in [-0.4, -0.2) is 39.0 Å². The second-order valence-electron chi connectivity index (χ2n) is 5.54. The predicted molar refractivity (Wildman–Crippen MR) is 99.4 cm³/mol. The summed E-state index contributed by atoms with van der Waals surface area (Å²) in [4.78, 5) is 25.6. The van der Waals surface area contributed by atoms with Crippen LogP contribution in [-0.2, 0) is 4.79 Å². The topological polar surface area (TPSA) is 61.4 Å². The number of benzene rings is 2. The van der Waals surface area contributed by atoms with Crippen LogP contribution in [0.1, 0.15) is 15.9 Å². The van der Waals surface area contributed by atoms with Gasteiger partial charge in [0.25, 0.3) is 5.91 Å². The van der Waals surface area contributed by atoms with E-state index in [2.05, 4.69) is 22.5 Å². The maximum atomic E-state index is 11.8. The first-order valence-corrected chi connectivity index (χ1v) is 7.93. The van der Waals surface area contributed by atoms with Gasteiger partial charge in [0.2, 0.25) is 5.91 Å². The molecule has 0 unspecified atom stereocenters. The van der Waals surface area contributed by atoms with E-state index in [-0.39, 0.29) is 24.9 Å². The molecule has 128 valence electrons. The minimum absolute atomic E-state index is 0.0797. The molecule has 2 aromatic carbocycles. The Morgan fingerprint density at radius 1 is 0.960 bits per heavy atom. The highest BCUT2D eigenvalue weighted by molar-refractivity contribution is 5.96. The fourth-order valence-corrected chi connectivity index (χ4v) is 2.17. The molecule has 0 bridgehead atoms. The highest BCUT2D eigenvalue weighted by Gasteiger charge is 2.06. The number of amides is 2. The summed E-state index contributed by atoms with van der Waals surface area (Å²) in [6.07, 6.45) is 0. The lowest BCUT2D eigenvalue weighted by molar-refractivity contribution is -0.119. The zero-order valence-electron chi connectivity index (χ0n) is 14.4. The van der Waals surface area contributed by atoms with Crippen molar-refractivity contribution in [1.29, 1.82) is 0 Å². The monoisotopic (exact) mass is 335 g/mol. The highest BCUT2D eigenvalue weighted by atomic mass is 16.2. The smallest absolute Gasteiger partial charge is 0.251 e. The molecule has 0 aliphatic heterocycles. The molecule has 0 aliphatic rings. The molecule has 5 nitrogen and oxygen atoms in total. The molecule has 0 aromatic heterocycles. The first-order chi connectivity index (χ1) is 12.1. The average Bonchev–Trinajstić information content (AvgIpc) is 2.64. The van der Waals surface area contributed by atoms with Crippen LogP contribution >= 0.6 is 0 Å². The number of nitrogens with zero attached hydrogens (tertiary/aromatic N) is 1. The zero-order chi connectivity index (χ0) is 18.1. The summed E-state index contributed by atoms with van der Waals surface area (Å²) < 4.78 is 0. The molecular weight excluding hydrogens is 314 g/mol. The fraction of sp³-hybridized carbons (Fsp3) is 0.200. The maximum absolute atomic E-state index is 11.8. The van der Waals surface area contributed by atoms with E-state index < -0.39 is 0 Å². The van der Waals surface area contributed by atoms with Crippen LogP contribution < -0.4 is 15.5 Å². The first kappa shape index (κ1) is 18.1. The number of carbonyl (C=O) groups is 2. The Labute approximate surface area is 148 Å². The average molecular weight is 335 g/mol. The molecule has 25 heavy (non-hydrogen) atoms. The summed E-state index contributed by atoms with van der Waals surface area (Å²) in [5, 5.41) is 5.24. The van der Waals surface area contributed by atoms with Crippen molar-refractivity contribution < 1.29 is 9.59 Å². The summed E-state index contributed by atoms with van der Waals surface area (Å²) in [5.74, 6) is 5.42. The lowest BCUT2D eigenvalue weighted by Crippen LogP contribution is -2.37. The van der Waals surface area contributed by atoms with Crippen LogP contribution in [0.25, 0.3) is 0 Å². The third kappa shape index (κ3) is 5.70.